The molecule has 1 aromatic rings. The Morgan fingerprint density at radius 2 is 1.58 bits per heavy atom. The number of hydrogen-bond donors (Lipinski definition) is 1. The number of hydrogen-bond acceptors (Lipinski definition) is 2. The molecule has 0 saturated carbocycles. The summed E-state index contributed by atoms with van der Waals surface area (Å²) >= 11 is 0. The van der Waals surface area contributed by atoms with Crippen LogP contribution in [0.5, 0.6) is 5.75 Å². The van der Waals surface area contributed by atoms with Crippen molar-refractivity contribution in [2.24, 2.45) is 11.1 Å². The van der Waals surface area contributed by atoms with Gasteiger partial charge in [0.2, 0.25) is 0 Å². The molecule has 0 bridgehead atoms. The Labute approximate surface area is 118 Å². The Bertz CT molecular complexity index is 387. The minimum atomic E-state index is 0.0394. The van der Waals surface area contributed by atoms with Gasteiger partial charge in [-0.05, 0) is 29.5 Å². The van der Waals surface area contributed by atoms with Crippen LogP contribution in [0.3, 0.4) is 0 Å². The van der Waals surface area contributed by atoms with Crippen molar-refractivity contribution in [2.75, 3.05) is 6.54 Å². The largest absolute Gasteiger partial charge is 0.489 e. The zero-order valence-corrected chi connectivity index (χ0v) is 13.3. The fraction of sp³-hybridized carbons (Fsp3) is 0.647. The standard InChI is InChI=1S/C17H29NO/c1-7-17(5,6)13-8-10-14(11-9-13)19-15(12-18)16(2,3)4/h8-11,15H,7,12,18H2,1-6H3. The van der Waals surface area contributed by atoms with Crippen LogP contribution in [0.25, 0.3) is 0 Å². The highest BCUT2D eigenvalue weighted by molar-refractivity contribution is 5.31. The van der Waals surface area contributed by atoms with Crippen molar-refractivity contribution in [3.63, 3.8) is 0 Å². The molecule has 1 unspecified atom stereocenters. The van der Waals surface area contributed by atoms with Gasteiger partial charge in [0.15, 0.2) is 0 Å². The molecule has 2 N–H and O–H groups in total. The molecular formula is C17H29NO. The van der Waals surface area contributed by atoms with E-state index in [1.807, 2.05) is 0 Å². The maximum Gasteiger partial charge on any atom is 0.119 e. The first-order valence-corrected chi connectivity index (χ1v) is 7.18. The van der Waals surface area contributed by atoms with Crippen LogP contribution >= 0.6 is 0 Å². The van der Waals surface area contributed by atoms with E-state index >= 15 is 0 Å². The molecule has 0 aliphatic rings. The molecule has 1 aromatic carbocycles. The predicted molar refractivity (Wildman–Crippen MR) is 82.7 cm³/mol. The van der Waals surface area contributed by atoms with Crippen molar-refractivity contribution in [1.29, 1.82) is 0 Å². The number of benzene rings is 1. The Morgan fingerprint density at radius 3 is 1.95 bits per heavy atom. The Kier molecular flexibility index (Phi) is 5.03. The molecule has 108 valence electrons. The van der Waals surface area contributed by atoms with Crippen LogP contribution < -0.4 is 10.5 Å². The predicted octanol–water partition coefficient (Wildman–Crippen LogP) is 4.13. The maximum absolute atomic E-state index is 6.00. The van der Waals surface area contributed by atoms with E-state index in [0.717, 1.165) is 12.2 Å². The molecule has 0 spiro atoms. The van der Waals surface area contributed by atoms with Crippen LogP contribution in [-0.4, -0.2) is 12.6 Å². The molecule has 1 atom stereocenters. The van der Waals surface area contributed by atoms with Crippen LogP contribution in [0.1, 0.15) is 53.5 Å². The summed E-state index contributed by atoms with van der Waals surface area (Å²) < 4.78 is 6.00. The van der Waals surface area contributed by atoms with Gasteiger partial charge in [0.25, 0.3) is 0 Å². The molecular weight excluding hydrogens is 234 g/mol. The topological polar surface area (TPSA) is 35.2 Å². The molecule has 2 nitrogen and oxygen atoms in total. The lowest BCUT2D eigenvalue weighted by molar-refractivity contribution is 0.0941. The van der Waals surface area contributed by atoms with Gasteiger partial charge in [-0.25, -0.2) is 0 Å². The zero-order chi connectivity index (χ0) is 14.7. The highest BCUT2D eigenvalue weighted by Gasteiger charge is 2.25. The quantitative estimate of drug-likeness (QED) is 0.867. The van der Waals surface area contributed by atoms with Gasteiger partial charge in [0.05, 0.1) is 0 Å². The lowest BCUT2D eigenvalue weighted by Crippen LogP contribution is -2.38. The summed E-state index contributed by atoms with van der Waals surface area (Å²) in [5, 5.41) is 0. The molecule has 0 saturated heterocycles. The third kappa shape index (κ3) is 4.24. The molecule has 2 heteroatoms. The first-order valence-electron chi connectivity index (χ1n) is 7.18. The van der Waals surface area contributed by atoms with Crippen LogP contribution in [0.4, 0.5) is 0 Å². The molecule has 0 heterocycles. The lowest BCUT2D eigenvalue weighted by Gasteiger charge is -2.30. The van der Waals surface area contributed by atoms with Crippen LogP contribution in [-0.2, 0) is 5.41 Å². The van der Waals surface area contributed by atoms with E-state index in [0.29, 0.717) is 6.54 Å². The van der Waals surface area contributed by atoms with Gasteiger partial charge in [-0.2, -0.15) is 0 Å². The average molecular weight is 263 g/mol. The smallest absolute Gasteiger partial charge is 0.119 e. The molecule has 0 fully saturated rings. The summed E-state index contributed by atoms with van der Waals surface area (Å²) in [7, 11) is 0. The summed E-state index contributed by atoms with van der Waals surface area (Å²) in [5.74, 6) is 0.904. The summed E-state index contributed by atoms with van der Waals surface area (Å²) in [6.07, 6.45) is 1.16. The van der Waals surface area contributed by atoms with E-state index in [2.05, 4.69) is 65.8 Å². The van der Waals surface area contributed by atoms with Crippen LogP contribution in [0.2, 0.25) is 0 Å². The molecule has 1 rings (SSSR count). The van der Waals surface area contributed by atoms with E-state index in [9.17, 15) is 0 Å². The normalized spacial score (nSPS) is 14.3. The van der Waals surface area contributed by atoms with Gasteiger partial charge < -0.3 is 10.5 Å². The summed E-state index contributed by atoms with van der Waals surface area (Å²) in [6, 6.07) is 8.44. The SMILES string of the molecule is CCC(C)(C)c1ccc(OC(CN)C(C)(C)C)cc1. The van der Waals surface area contributed by atoms with Crippen molar-refractivity contribution in [2.45, 2.75) is 59.5 Å². The molecule has 0 aromatic heterocycles. The van der Waals surface area contributed by atoms with Crippen molar-refractivity contribution in [3.8, 4) is 5.75 Å². The second-order valence-electron chi connectivity index (χ2n) is 6.97. The maximum atomic E-state index is 6.00. The molecule has 19 heavy (non-hydrogen) atoms. The first kappa shape index (κ1) is 16.0. The van der Waals surface area contributed by atoms with Crippen LogP contribution in [0, 0.1) is 5.41 Å². The summed E-state index contributed by atoms with van der Waals surface area (Å²) in [6.45, 7) is 13.7. The Balaban J connectivity index is 2.83. The van der Waals surface area contributed by atoms with Gasteiger partial charge >= 0.3 is 0 Å². The van der Waals surface area contributed by atoms with Gasteiger partial charge in [-0.1, -0.05) is 53.7 Å². The monoisotopic (exact) mass is 263 g/mol. The highest BCUT2D eigenvalue weighted by Crippen LogP contribution is 2.29. The van der Waals surface area contributed by atoms with Crippen molar-refractivity contribution in [3.05, 3.63) is 29.8 Å². The fourth-order valence-corrected chi connectivity index (χ4v) is 1.93. The zero-order valence-electron chi connectivity index (χ0n) is 13.3. The number of rotatable bonds is 5. The average Bonchev–Trinajstić information content (AvgIpc) is 2.35. The highest BCUT2D eigenvalue weighted by atomic mass is 16.5. The van der Waals surface area contributed by atoms with Crippen molar-refractivity contribution >= 4 is 0 Å². The summed E-state index contributed by atoms with van der Waals surface area (Å²) in [4.78, 5) is 0. The second kappa shape index (κ2) is 5.96. The minimum absolute atomic E-state index is 0.0394. The van der Waals surface area contributed by atoms with E-state index in [1.54, 1.807) is 0 Å². The third-order valence-corrected chi connectivity index (χ3v) is 3.98. The molecule has 0 aliphatic heterocycles. The molecule has 0 radical (unpaired) electrons. The van der Waals surface area contributed by atoms with Crippen molar-refractivity contribution < 1.29 is 4.74 Å². The van der Waals surface area contributed by atoms with Gasteiger partial charge in [-0.15, -0.1) is 0 Å². The number of nitrogens with two attached hydrogens (primary N) is 1. The number of ether oxygens (including phenoxy) is 1. The summed E-state index contributed by atoms with van der Waals surface area (Å²) in [5.41, 5.74) is 7.42. The third-order valence-electron chi connectivity index (χ3n) is 3.98. The van der Waals surface area contributed by atoms with E-state index in [4.69, 9.17) is 10.5 Å². The Hall–Kier alpha value is -1.02. The second-order valence-corrected chi connectivity index (χ2v) is 6.97. The van der Waals surface area contributed by atoms with E-state index in [1.165, 1.54) is 5.56 Å². The lowest BCUT2D eigenvalue weighted by atomic mass is 9.82. The van der Waals surface area contributed by atoms with Crippen molar-refractivity contribution in [1.82, 2.24) is 0 Å². The van der Waals surface area contributed by atoms with Gasteiger partial charge in [-0.3, -0.25) is 0 Å². The van der Waals surface area contributed by atoms with Crippen LogP contribution in [0.15, 0.2) is 24.3 Å². The Morgan fingerprint density at radius 1 is 1.05 bits per heavy atom. The minimum Gasteiger partial charge on any atom is -0.489 e. The molecule has 0 aliphatic carbocycles. The van der Waals surface area contributed by atoms with E-state index in [-0.39, 0.29) is 16.9 Å². The van der Waals surface area contributed by atoms with Gasteiger partial charge in [0.1, 0.15) is 11.9 Å². The fourth-order valence-electron chi connectivity index (χ4n) is 1.93. The first-order chi connectivity index (χ1) is 8.70. The van der Waals surface area contributed by atoms with E-state index < -0.39 is 0 Å². The molecule has 0 amide bonds. The van der Waals surface area contributed by atoms with Gasteiger partial charge in [0, 0.05) is 12.0 Å².